The number of hydrogen-bond acceptors (Lipinski definition) is 2. The SMILES string of the molecule is C#CC(C)NC(=O)[C@H]1CCCN1. The van der Waals surface area contributed by atoms with Gasteiger partial charge in [0, 0.05) is 0 Å². The van der Waals surface area contributed by atoms with E-state index in [1.165, 1.54) is 0 Å². The molecule has 1 saturated heterocycles. The summed E-state index contributed by atoms with van der Waals surface area (Å²) in [6.07, 6.45) is 7.13. The van der Waals surface area contributed by atoms with Crippen molar-refractivity contribution in [1.82, 2.24) is 10.6 Å². The molecule has 0 aromatic rings. The third kappa shape index (κ3) is 2.24. The number of terminal acetylenes is 1. The van der Waals surface area contributed by atoms with Gasteiger partial charge in [0.25, 0.3) is 0 Å². The average Bonchev–Trinajstić information content (AvgIpc) is 2.56. The molecular weight excluding hydrogens is 152 g/mol. The molecule has 0 aromatic carbocycles. The van der Waals surface area contributed by atoms with E-state index in [-0.39, 0.29) is 18.0 Å². The zero-order chi connectivity index (χ0) is 8.97. The van der Waals surface area contributed by atoms with Gasteiger partial charge in [-0.15, -0.1) is 6.42 Å². The maximum atomic E-state index is 11.3. The van der Waals surface area contributed by atoms with Gasteiger partial charge in [0.15, 0.2) is 0 Å². The molecule has 0 bridgehead atoms. The standard InChI is InChI=1S/C9H14N2O/c1-3-7(2)11-9(12)8-5-4-6-10-8/h1,7-8,10H,4-6H2,2H3,(H,11,12)/t7?,8-/m1/s1. The molecule has 1 heterocycles. The summed E-state index contributed by atoms with van der Waals surface area (Å²) in [6.45, 7) is 2.73. The molecule has 1 amide bonds. The van der Waals surface area contributed by atoms with Gasteiger partial charge >= 0.3 is 0 Å². The molecule has 1 aliphatic heterocycles. The van der Waals surface area contributed by atoms with E-state index in [2.05, 4.69) is 16.6 Å². The van der Waals surface area contributed by atoms with Crippen LogP contribution in [0.25, 0.3) is 0 Å². The van der Waals surface area contributed by atoms with Crippen molar-refractivity contribution in [1.29, 1.82) is 0 Å². The molecule has 0 saturated carbocycles. The summed E-state index contributed by atoms with van der Waals surface area (Å²) in [5.41, 5.74) is 0. The largest absolute Gasteiger partial charge is 0.341 e. The fourth-order valence-electron chi connectivity index (χ4n) is 1.26. The summed E-state index contributed by atoms with van der Waals surface area (Å²) in [5.74, 6) is 2.49. The number of amides is 1. The zero-order valence-corrected chi connectivity index (χ0v) is 7.26. The highest BCUT2D eigenvalue weighted by Crippen LogP contribution is 2.04. The van der Waals surface area contributed by atoms with Gasteiger partial charge in [0.05, 0.1) is 12.1 Å². The molecule has 1 unspecified atom stereocenters. The van der Waals surface area contributed by atoms with E-state index in [1.807, 2.05) is 0 Å². The monoisotopic (exact) mass is 166 g/mol. The van der Waals surface area contributed by atoms with Crippen molar-refractivity contribution in [2.45, 2.75) is 31.8 Å². The fraction of sp³-hybridized carbons (Fsp3) is 0.667. The van der Waals surface area contributed by atoms with E-state index in [9.17, 15) is 4.79 Å². The van der Waals surface area contributed by atoms with Crippen LogP contribution >= 0.6 is 0 Å². The lowest BCUT2D eigenvalue weighted by atomic mass is 10.2. The molecular formula is C9H14N2O. The first-order valence-corrected chi connectivity index (χ1v) is 4.24. The molecule has 0 aromatic heterocycles. The van der Waals surface area contributed by atoms with Crippen LogP contribution in [0.2, 0.25) is 0 Å². The van der Waals surface area contributed by atoms with E-state index in [1.54, 1.807) is 6.92 Å². The van der Waals surface area contributed by atoms with Gasteiger partial charge in [-0.3, -0.25) is 4.79 Å². The smallest absolute Gasteiger partial charge is 0.238 e. The molecule has 2 atom stereocenters. The summed E-state index contributed by atoms with van der Waals surface area (Å²) in [4.78, 5) is 11.3. The Labute approximate surface area is 72.9 Å². The van der Waals surface area contributed by atoms with Crippen LogP contribution in [0.15, 0.2) is 0 Å². The fourth-order valence-corrected chi connectivity index (χ4v) is 1.26. The number of carbonyl (C=O) groups excluding carboxylic acids is 1. The second kappa shape index (κ2) is 4.13. The predicted molar refractivity (Wildman–Crippen MR) is 47.5 cm³/mol. The van der Waals surface area contributed by atoms with Crippen LogP contribution in [0.5, 0.6) is 0 Å². The highest BCUT2D eigenvalue weighted by atomic mass is 16.2. The second-order valence-corrected chi connectivity index (χ2v) is 3.05. The number of hydrogen-bond donors (Lipinski definition) is 2. The summed E-state index contributed by atoms with van der Waals surface area (Å²) in [6, 6.07) is -0.194. The lowest BCUT2D eigenvalue weighted by Crippen LogP contribution is -2.43. The minimum absolute atomic E-state index is 0.0259. The Morgan fingerprint density at radius 2 is 2.58 bits per heavy atom. The van der Waals surface area contributed by atoms with Gasteiger partial charge in [-0.2, -0.15) is 0 Å². The molecule has 2 N–H and O–H groups in total. The van der Waals surface area contributed by atoms with Crippen molar-refractivity contribution in [3.05, 3.63) is 0 Å². The molecule has 3 heteroatoms. The summed E-state index contributed by atoms with van der Waals surface area (Å²) < 4.78 is 0. The summed E-state index contributed by atoms with van der Waals surface area (Å²) in [5, 5.41) is 5.84. The lowest BCUT2D eigenvalue weighted by molar-refractivity contribution is -0.123. The van der Waals surface area contributed by atoms with Crippen molar-refractivity contribution >= 4 is 5.91 Å². The highest BCUT2D eigenvalue weighted by Gasteiger charge is 2.22. The third-order valence-corrected chi connectivity index (χ3v) is 1.99. The molecule has 0 aliphatic carbocycles. The van der Waals surface area contributed by atoms with Crippen LogP contribution in [-0.2, 0) is 4.79 Å². The Bertz CT molecular complexity index is 201. The van der Waals surface area contributed by atoms with Crippen molar-refractivity contribution < 1.29 is 4.79 Å². The van der Waals surface area contributed by atoms with Crippen LogP contribution in [-0.4, -0.2) is 24.5 Å². The Morgan fingerprint density at radius 1 is 1.83 bits per heavy atom. The van der Waals surface area contributed by atoms with Gasteiger partial charge in [-0.25, -0.2) is 0 Å². The van der Waals surface area contributed by atoms with E-state index < -0.39 is 0 Å². The van der Waals surface area contributed by atoms with Crippen LogP contribution in [0, 0.1) is 12.3 Å². The van der Waals surface area contributed by atoms with Gasteiger partial charge in [0.1, 0.15) is 0 Å². The van der Waals surface area contributed by atoms with Gasteiger partial charge in [-0.05, 0) is 26.3 Å². The third-order valence-electron chi connectivity index (χ3n) is 1.99. The lowest BCUT2D eigenvalue weighted by Gasteiger charge is -2.12. The summed E-state index contributed by atoms with van der Waals surface area (Å²) in [7, 11) is 0. The normalized spacial score (nSPS) is 24.5. The van der Waals surface area contributed by atoms with Crippen LogP contribution < -0.4 is 10.6 Å². The van der Waals surface area contributed by atoms with E-state index >= 15 is 0 Å². The summed E-state index contributed by atoms with van der Waals surface area (Å²) >= 11 is 0. The van der Waals surface area contributed by atoms with Crippen molar-refractivity contribution in [3.8, 4) is 12.3 Å². The van der Waals surface area contributed by atoms with Crippen molar-refractivity contribution in [2.24, 2.45) is 0 Å². The topological polar surface area (TPSA) is 41.1 Å². The Kier molecular flexibility index (Phi) is 3.12. The molecule has 3 nitrogen and oxygen atoms in total. The zero-order valence-electron chi connectivity index (χ0n) is 7.26. The molecule has 0 radical (unpaired) electrons. The average molecular weight is 166 g/mol. The maximum Gasteiger partial charge on any atom is 0.238 e. The maximum absolute atomic E-state index is 11.3. The Balaban J connectivity index is 2.33. The molecule has 0 spiro atoms. The van der Waals surface area contributed by atoms with Crippen molar-refractivity contribution in [2.75, 3.05) is 6.54 Å². The number of nitrogens with one attached hydrogen (secondary N) is 2. The van der Waals surface area contributed by atoms with E-state index in [0.29, 0.717) is 0 Å². The Morgan fingerprint density at radius 3 is 3.08 bits per heavy atom. The molecule has 66 valence electrons. The minimum Gasteiger partial charge on any atom is -0.341 e. The molecule has 1 fully saturated rings. The van der Waals surface area contributed by atoms with Gasteiger partial charge in [0.2, 0.25) is 5.91 Å². The van der Waals surface area contributed by atoms with Crippen LogP contribution in [0.4, 0.5) is 0 Å². The highest BCUT2D eigenvalue weighted by molar-refractivity contribution is 5.82. The van der Waals surface area contributed by atoms with Crippen molar-refractivity contribution in [3.63, 3.8) is 0 Å². The van der Waals surface area contributed by atoms with Crippen LogP contribution in [0.1, 0.15) is 19.8 Å². The van der Waals surface area contributed by atoms with E-state index in [4.69, 9.17) is 6.42 Å². The number of carbonyl (C=O) groups is 1. The minimum atomic E-state index is -0.167. The Hall–Kier alpha value is -1.01. The van der Waals surface area contributed by atoms with Gasteiger partial charge < -0.3 is 10.6 Å². The first-order valence-electron chi connectivity index (χ1n) is 4.24. The first-order chi connectivity index (χ1) is 5.74. The van der Waals surface area contributed by atoms with E-state index in [0.717, 1.165) is 19.4 Å². The predicted octanol–water partition coefficient (Wildman–Crippen LogP) is -0.124. The molecule has 1 rings (SSSR count). The van der Waals surface area contributed by atoms with Gasteiger partial charge in [-0.1, -0.05) is 5.92 Å². The number of rotatable bonds is 2. The second-order valence-electron chi connectivity index (χ2n) is 3.05. The van der Waals surface area contributed by atoms with Crippen LogP contribution in [0.3, 0.4) is 0 Å². The molecule has 1 aliphatic rings. The molecule has 12 heavy (non-hydrogen) atoms. The quantitative estimate of drug-likeness (QED) is 0.561. The first kappa shape index (κ1) is 9.08.